The molecule has 7 heteroatoms. The molecule has 1 heterocycles. The van der Waals surface area contributed by atoms with Gasteiger partial charge in [-0.15, -0.1) is 0 Å². The van der Waals surface area contributed by atoms with Crippen molar-refractivity contribution in [3.8, 4) is 0 Å². The average molecular weight is 297 g/mol. The Morgan fingerprint density at radius 3 is 2.19 bits per heavy atom. The van der Waals surface area contributed by atoms with Gasteiger partial charge in [0.05, 0.1) is 12.0 Å². The topological polar surface area (TPSA) is 90.0 Å². The molecule has 1 saturated carbocycles. The van der Waals surface area contributed by atoms with Crippen molar-refractivity contribution >= 4 is 17.9 Å². The van der Waals surface area contributed by atoms with Gasteiger partial charge in [0.2, 0.25) is 5.91 Å². The normalized spacial score (nSPS) is 21.2. The molecule has 3 amide bonds. The molecule has 2 aliphatic rings. The van der Waals surface area contributed by atoms with Crippen molar-refractivity contribution in [1.29, 1.82) is 0 Å². The minimum absolute atomic E-state index is 0.0217. The van der Waals surface area contributed by atoms with Crippen molar-refractivity contribution in [3.05, 3.63) is 0 Å². The van der Waals surface area contributed by atoms with E-state index in [9.17, 15) is 14.4 Å². The van der Waals surface area contributed by atoms with Crippen LogP contribution < -0.4 is 5.32 Å². The van der Waals surface area contributed by atoms with Gasteiger partial charge in [-0.25, -0.2) is 4.79 Å². The minimum Gasteiger partial charge on any atom is -0.481 e. The Bertz CT molecular complexity index is 434. The van der Waals surface area contributed by atoms with Gasteiger partial charge in [-0.3, -0.25) is 9.59 Å². The number of aliphatic carboxylic acids is 1. The summed E-state index contributed by atoms with van der Waals surface area (Å²) in [6.45, 7) is 3.83. The first-order chi connectivity index (χ1) is 9.92. The number of carboxylic acids is 1. The molecule has 21 heavy (non-hydrogen) atoms. The summed E-state index contributed by atoms with van der Waals surface area (Å²) < 4.78 is 0. The highest BCUT2D eigenvalue weighted by atomic mass is 16.4. The maximum Gasteiger partial charge on any atom is 0.317 e. The van der Waals surface area contributed by atoms with Crippen molar-refractivity contribution in [3.63, 3.8) is 0 Å². The Labute approximate surface area is 124 Å². The molecule has 2 fully saturated rings. The fraction of sp³-hybridized carbons (Fsp3) is 0.786. The SMILES string of the molecule is CC(=O)N1CCCN(C(=O)NC2(CC(=O)O)CCC2)CC1. The van der Waals surface area contributed by atoms with Crippen LogP contribution in [0.3, 0.4) is 0 Å². The standard InChI is InChI=1S/C14H23N3O4/c1-11(18)16-6-3-7-17(9-8-16)13(21)15-14(4-2-5-14)10-12(19)20/h2-10H2,1H3,(H,15,21)(H,19,20). The number of hydrogen-bond acceptors (Lipinski definition) is 3. The Kier molecular flexibility index (Phi) is 4.69. The second-order valence-corrected chi connectivity index (χ2v) is 5.98. The monoisotopic (exact) mass is 297 g/mol. The third kappa shape index (κ3) is 3.86. The molecule has 0 aromatic carbocycles. The molecule has 0 aromatic heterocycles. The highest BCUT2D eigenvalue weighted by molar-refractivity contribution is 5.77. The van der Waals surface area contributed by atoms with Crippen LogP contribution in [0.2, 0.25) is 0 Å². The molecule has 2 rings (SSSR count). The van der Waals surface area contributed by atoms with Gasteiger partial charge in [-0.05, 0) is 25.7 Å². The number of carboxylic acid groups (broad SMARTS) is 1. The van der Waals surface area contributed by atoms with Gasteiger partial charge in [-0.1, -0.05) is 0 Å². The lowest BCUT2D eigenvalue weighted by atomic mass is 9.74. The molecular formula is C14H23N3O4. The van der Waals surface area contributed by atoms with Crippen LogP contribution in [0.5, 0.6) is 0 Å². The van der Waals surface area contributed by atoms with E-state index in [0.29, 0.717) is 26.2 Å². The van der Waals surface area contributed by atoms with Gasteiger partial charge in [0.1, 0.15) is 0 Å². The number of urea groups is 1. The molecule has 0 atom stereocenters. The summed E-state index contributed by atoms with van der Waals surface area (Å²) in [4.78, 5) is 38.1. The number of hydrogen-bond donors (Lipinski definition) is 2. The van der Waals surface area contributed by atoms with Crippen molar-refractivity contribution in [1.82, 2.24) is 15.1 Å². The van der Waals surface area contributed by atoms with E-state index in [2.05, 4.69) is 5.32 Å². The van der Waals surface area contributed by atoms with Crippen molar-refractivity contribution in [2.24, 2.45) is 0 Å². The number of nitrogens with one attached hydrogen (secondary N) is 1. The van der Waals surface area contributed by atoms with E-state index in [1.165, 1.54) is 6.92 Å². The van der Waals surface area contributed by atoms with Gasteiger partial charge >= 0.3 is 12.0 Å². The molecule has 7 nitrogen and oxygen atoms in total. The molecule has 0 bridgehead atoms. The number of amides is 3. The zero-order valence-electron chi connectivity index (χ0n) is 12.4. The van der Waals surface area contributed by atoms with Crippen LogP contribution in [0.15, 0.2) is 0 Å². The smallest absolute Gasteiger partial charge is 0.317 e. The summed E-state index contributed by atoms with van der Waals surface area (Å²) in [5, 5.41) is 11.9. The molecular weight excluding hydrogens is 274 g/mol. The lowest BCUT2D eigenvalue weighted by molar-refractivity contribution is -0.139. The first kappa shape index (κ1) is 15.6. The third-order valence-corrected chi connectivity index (χ3v) is 4.40. The molecule has 0 unspecified atom stereocenters. The summed E-state index contributed by atoms with van der Waals surface area (Å²) >= 11 is 0. The van der Waals surface area contributed by atoms with Gasteiger partial charge in [0.15, 0.2) is 0 Å². The Morgan fingerprint density at radius 2 is 1.67 bits per heavy atom. The fourth-order valence-electron chi connectivity index (χ4n) is 2.98. The van der Waals surface area contributed by atoms with Crippen molar-refractivity contribution < 1.29 is 19.5 Å². The van der Waals surface area contributed by atoms with Gasteiger partial charge in [-0.2, -0.15) is 0 Å². The Morgan fingerprint density at radius 1 is 1.05 bits per heavy atom. The first-order valence-electron chi connectivity index (χ1n) is 7.46. The van der Waals surface area contributed by atoms with E-state index in [4.69, 9.17) is 5.11 Å². The number of carbonyl (C=O) groups is 3. The quantitative estimate of drug-likeness (QED) is 0.800. The van der Waals surface area contributed by atoms with Crippen LogP contribution in [-0.2, 0) is 9.59 Å². The molecule has 0 aromatic rings. The lowest BCUT2D eigenvalue weighted by Gasteiger charge is -2.42. The van der Waals surface area contributed by atoms with Crippen LogP contribution in [0, 0.1) is 0 Å². The van der Waals surface area contributed by atoms with Crippen LogP contribution in [0.1, 0.15) is 39.0 Å². The lowest BCUT2D eigenvalue weighted by Crippen LogP contribution is -2.58. The van der Waals surface area contributed by atoms with E-state index < -0.39 is 11.5 Å². The summed E-state index contributed by atoms with van der Waals surface area (Å²) in [5.74, 6) is -0.854. The zero-order chi connectivity index (χ0) is 15.5. The summed E-state index contributed by atoms with van der Waals surface area (Å²) in [5.41, 5.74) is -0.574. The van der Waals surface area contributed by atoms with E-state index in [0.717, 1.165) is 25.7 Å². The summed E-state index contributed by atoms with van der Waals surface area (Å²) in [7, 11) is 0. The second kappa shape index (κ2) is 6.32. The highest BCUT2D eigenvalue weighted by Crippen LogP contribution is 2.35. The van der Waals surface area contributed by atoms with Crippen LogP contribution in [0.25, 0.3) is 0 Å². The third-order valence-electron chi connectivity index (χ3n) is 4.40. The van der Waals surface area contributed by atoms with E-state index >= 15 is 0 Å². The molecule has 0 radical (unpaired) electrons. The van der Waals surface area contributed by atoms with Crippen molar-refractivity contribution in [2.75, 3.05) is 26.2 Å². The number of rotatable bonds is 3. The second-order valence-electron chi connectivity index (χ2n) is 5.98. The molecule has 1 aliphatic carbocycles. The van der Waals surface area contributed by atoms with Crippen LogP contribution in [0.4, 0.5) is 4.79 Å². The summed E-state index contributed by atoms with van der Waals surface area (Å²) in [6.07, 6.45) is 3.12. The largest absolute Gasteiger partial charge is 0.481 e. The summed E-state index contributed by atoms with van der Waals surface area (Å²) in [6, 6.07) is -0.207. The number of nitrogens with zero attached hydrogens (tertiary/aromatic N) is 2. The molecule has 1 saturated heterocycles. The van der Waals surface area contributed by atoms with Gasteiger partial charge in [0, 0.05) is 33.1 Å². The van der Waals surface area contributed by atoms with Crippen molar-refractivity contribution in [2.45, 2.75) is 44.6 Å². The number of carbonyl (C=O) groups excluding carboxylic acids is 2. The van der Waals surface area contributed by atoms with E-state index in [-0.39, 0.29) is 18.4 Å². The predicted molar refractivity (Wildman–Crippen MR) is 75.8 cm³/mol. The first-order valence-corrected chi connectivity index (χ1v) is 7.46. The van der Waals surface area contributed by atoms with Crippen LogP contribution >= 0.6 is 0 Å². The average Bonchev–Trinajstić information content (AvgIpc) is 2.61. The zero-order valence-corrected chi connectivity index (χ0v) is 12.4. The maximum atomic E-state index is 12.3. The highest BCUT2D eigenvalue weighted by Gasteiger charge is 2.41. The van der Waals surface area contributed by atoms with E-state index in [1.807, 2.05) is 0 Å². The van der Waals surface area contributed by atoms with E-state index in [1.54, 1.807) is 9.80 Å². The molecule has 1 aliphatic heterocycles. The molecule has 118 valence electrons. The molecule has 2 N–H and O–H groups in total. The maximum absolute atomic E-state index is 12.3. The van der Waals surface area contributed by atoms with Crippen LogP contribution in [-0.4, -0.2) is 64.5 Å². The molecule has 0 spiro atoms. The predicted octanol–water partition coefficient (Wildman–Crippen LogP) is 0.648. The fourth-order valence-corrected chi connectivity index (χ4v) is 2.98. The minimum atomic E-state index is -0.881. The van der Waals surface area contributed by atoms with Gasteiger partial charge < -0.3 is 20.2 Å². The Hall–Kier alpha value is -1.79. The van der Waals surface area contributed by atoms with Gasteiger partial charge in [0.25, 0.3) is 0 Å². The Balaban J connectivity index is 1.90.